The number of carbonyl (C=O) groups is 1. The van der Waals surface area contributed by atoms with Crippen molar-refractivity contribution in [1.82, 2.24) is 0 Å². The summed E-state index contributed by atoms with van der Waals surface area (Å²) in [7, 11) is 0. The quantitative estimate of drug-likeness (QED) is 0.394. The molecule has 0 aromatic heterocycles. The van der Waals surface area contributed by atoms with E-state index in [1.807, 2.05) is 0 Å². The molecular weight excluding hydrogens is 151 g/mol. The summed E-state index contributed by atoms with van der Waals surface area (Å²) in [6.45, 7) is 0. The third kappa shape index (κ3) is 678. The van der Waals surface area contributed by atoms with Gasteiger partial charge in [0.15, 0.2) is 0 Å². The first kappa shape index (κ1) is 8.95. The molecule has 0 aliphatic carbocycles. The van der Waals surface area contributed by atoms with Gasteiger partial charge in [0.05, 0.1) is 0 Å². The molecule has 0 aromatic carbocycles. The smallest absolute Gasteiger partial charge is 0.252 e. The number of hydrogen-bond acceptors (Lipinski definition) is 2. The van der Waals surface area contributed by atoms with Gasteiger partial charge in [0, 0.05) is 22.4 Å². The van der Waals surface area contributed by atoms with Crippen LogP contribution in [0.3, 0.4) is 0 Å². The Morgan fingerprint density at radius 1 is 1.80 bits per heavy atom. The van der Waals surface area contributed by atoms with Crippen LogP contribution in [0.2, 0.25) is 0 Å². The molecule has 5 heavy (non-hydrogen) atoms. The molecule has 0 heterocycles. The molecule has 0 aliphatic heterocycles. The summed E-state index contributed by atoms with van der Waals surface area (Å²) >= 11 is 0. The second kappa shape index (κ2) is 4.17. The first-order chi connectivity index (χ1) is 1.73. The molecule has 0 aliphatic rings. The summed E-state index contributed by atoms with van der Waals surface area (Å²) in [6.07, 6.45) is -1.33. The van der Waals surface area contributed by atoms with Crippen molar-refractivity contribution < 1.29 is 38.0 Å². The molecule has 29 valence electrons. The number of amides is 1. The average molecular weight is 154 g/mol. The van der Waals surface area contributed by atoms with Crippen molar-refractivity contribution in [2.24, 2.45) is 0 Å². The van der Waals surface area contributed by atoms with E-state index in [4.69, 9.17) is 9.90 Å². The molecule has 0 unspecified atom stereocenters. The average Bonchev–Trinajstić information content (AvgIpc) is 0.811. The minimum Gasteiger partial charge on any atom is -0.498 e. The van der Waals surface area contributed by atoms with E-state index in [9.17, 15) is 0 Å². The van der Waals surface area contributed by atoms with Crippen LogP contribution in [0.25, 0.3) is 0 Å². The van der Waals surface area contributed by atoms with Gasteiger partial charge >= 0.3 is 0 Å². The first-order valence-corrected chi connectivity index (χ1v) is 0.762. The third-order valence-electron chi connectivity index (χ3n) is 0. The number of rotatable bonds is 0. The van der Waals surface area contributed by atoms with Gasteiger partial charge in [-0.1, -0.05) is 0 Å². The van der Waals surface area contributed by atoms with E-state index >= 15 is 0 Å². The van der Waals surface area contributed by atoms with E-state index in [1.165, 1.54) is 0 Å². The van der Waals surface area contributed by atoms with Crippen molar-refractivity contribution in [3.05, 3.63) is 0 Å². The summed E-state index contributed by atoms with van der Waals surface area (Å²) in [4.78, 5) is 8.78. The summed E-state index contributed by atoms with van der Waals surface area (Å²) in [5.74, 6) is 0. The molecule has 1 radical (unpaired) electrons. The van der Waals surface area contributed by atoms with Gasteiger partial charge in [-0.25, -0.2) is 0 Å². The molecule has 0 saturated heterocycles. The van der Waals surface area contributed by atoms with Gasteiger partial charge in [0.2, 0.25) is 0 Å². The monoisotopic (exact) mass is 154 g/mol. The largest absolute Gasteiger partial charge is 0.498 e. The number of carbonyl (C=O) groups excluding carboxylic acids is 1. The predicted molar refractivity (Wildman–Crippen MR) is 8.28 cm³/mol. The zero-order chi connectivity index (χ0) is 3.58. The Morgan fingerprint density at radius 3 is 1.80 bits per heavy atom. The summed E-state index contributed by atoms with van der Waals surface area (Å²) < 4.78 is 0. The second-order valence-electron chi connectivity index (χ2n) is 0.372. The maximum Gasteiger partial charge on any atom is 0.252 e. The molecule has 0 saturated carbocycles. The molecule has 3 N–H and O–H groups in total. The Hall–Kier alpha value is 0.170. The fourth-order valence-electron chi connectivity index (χ4n) is 0. The number of quaternary nitrogens is 1. The van der Waals surface area contributed by atoms with Crippen molar-refractivity contribution in [2.75, 3.05) is 0 Å². The molecule has 1 amide bonds. The van der Waals surface area contributed by atoms with E-state index in [-0.39, 0.29) is 22.4 Å². The molecule has 4 heteroatoms. The van der Waals surface area contributed by atoms with Crippen LogP contribution < -0.4 is 10.8 Å². The fourth-order valence-corrected chi connectivity index (χ4v) is 0. The van der Waals surface area contributed by atoms with E-state index in [0.717, 1.165) is 0 Å². The van der Waals surface area contributed by atoms with Crippen LogP contribution in [0.15, 0.2) is 0 Å². The Labute approximate surface area is 44.7 Å². The van der Waals surface area contributed by atoms with Crippen LogP contribution in [0.1, 0.15) is 0 Å². The Kier molecular flexibility index (Phi) is 7.46. The van der Waals surface area contributed by atoms with Crippen LogP contribution in [-0.2, 0) is 22.4 Å². The molecule has 0 spiro atoms. The van der Waals surface area contributed by atoms with Crippen molar-refractivity contribution in [1.29, 1.82) is 0 Å². The van der Waals surface area contributed by atoms with Crippen molar-refractivity contribution in [3.8, 4) is 0 Å². The van der Waals surface area contributed by atoms with E-state index in [1.54, 1.807) is 0 Å². The normalized spacial score (nSPS) is 5.00. The Balaban J connectivity index is 0. The van der Waals surface area contributed by atoms with Crippen LogP contribution in [0.5, 0.6) is 0 Å². The summed E-state index contributed by atoms with van der Waals surface area (Å²) in [5.41, 5.74) is 2.44. The number of hydrogen-bond donors (Lipinski definition) is 1. The van der Waals surface area contributed by atoms with Crippen LogP contribution in [0, 0.1) is 0 Å². The van der Waals surface area contributed by atoms with E-state index in [0.29, 0.717) is 0 Å². The first-order valence-electron chi connectivity index (χ1n) is 0.762. The van der Waals surface area contributed by atoms with Gasteiger partial charge in [0.25, 0.3) is 6.09 Å². The minimum absolute atomic E-state index is 0. The van der Waals surface area contributed by atoms with Gasteiger partial charge in [-0.2, -0.15) is 0 Å². The van der Waals surface area contributed by atoms with Crippen molar-refractivity contribution in [3.63, 3.8) is 0 Å². The summed E-state index contributed by atoms with van der Waals surface area (Å²) in [5, 5.41) is 8.78. The zero-order valence-corrected chi connectivity index (χ0v) is 4.67. The molecule has 3 nitrogen and oxygen atoms in total. The second-order valence-corrected chi connectivity index (χ2v) is 0.372. The maximum atomic E-state index is 8.78. The van der Waals surface area contributed by atoms with Gasteiger partial charge < -0.3 is 15.6 Å². The molecular formula is CH3NNbO2. The SMILES string of the molecule is [NH3+]C(=O)[O-].[Nb]. The van der Waals surface area contributed by atoms with Crippen LogP contribution in [-0.4, -0.2) is 6.09 Å². The van der Waals surface area contributed by atoms with Gasteiger partial charge in [0.1, 0.15) is 0 Å². The van der Waals surface area contributed by atoms with Gasteiger partial charge in [-0.15, -0.1) is 0 Å². The van der Waals surface area contributed by atoms with E-state index < -0.39 is 6.09 Å². The molecule has 0 atom stereocenters. The molecule has 0 fully saturated rings. The van der Waals surface area contributed by atoms with E-state index in [2.05, 4.69) is 5.73 Å². The topological polar surface area (TPSA) is 67.8 Å². The minimum atomic E-state index is -1.33. The summed E-state index contributed by atoms with van der Waals surface area (Å²) in [6, 6.07) is 0. The molecule has 0 aromatic rings. The maximum absolute atomic E-state index is 8.78. The molecule has 0 bridgehead atoms. The Morgan fingerprint density at radius 2 is 1.80 bits per heavy atom. The fraction of sp³-hybridized carbons (Fsp3) is 0. The zero-order valence-electron chi connectivity index (χ0n) is 2.47. The van der Waals surface area contributed by atoms with Crippen LogP contribution >= 0.6 is 0 Å². The molecule has 0 rings (SSSR count). The standard InChI is InChI=1S/CH3NO2.Nb/c2-1(3)4;/h2H2,(H,3,4);. The van der Waals surface area contributed by atoms with Gasteiger partial charge in [-0.3, -0.25) is 0 Å². The predicted octanol–water partition coefficient (Wildman–Crippen LogP) is -2.43. The van der Waals surface area contributed by atoms with Crippen LogP contribution in [0.4, 0.5) is 4.79 Å². The van der Waals surface area contributed by atoms with Gasteiger partial charge in [-0.05, 0) is 0 Å². The number of carboxylic acid groups (broad SMARTS) is 1. The van der Waals surface area contributed by atoms with Crippen molar-refractivity contribution >= 4 is 6.09 Å². The van der Waals surface area contributed by atoms with Crippen molar-refractivity contribution in [2.45, 2.75) is 0 Å². The Bertz CT molecular complexity index is 32.6. The third-order valence-corrected chi connectivity index (χ3v) is 0.